The molecular formula is C14H15N5O2. The van der Waals surface area contributed by atoms with E-state index in [2.05, 4.69) is 20.4 Å². The predicted octanol–water partition coefficient (Wildman–Crippen LogP) is 1.44. The zero-order chi connectivity index (χ0) is 15.4. The second kappa shape index (κ2) is 6.00. The van der Waals surface area contributed by atoms with E-state index in [1.807, 2.05) is 6.92 Å². The highest BCUT2D eigenvalue weighted by atomic mass is 16.4. The first-order valence-corrected chi connectivity index (χ1v) is 6.20. The first-order valence-electron chi connectivity index (χ1n) is 6.20. The van der Waals surface area contributed by atoms with Crippen LogP contribution >= 0.6 is 0 Å². The Morgan fingerprint density at radius 2 is 2.05 bits per heavy atom. The molecule has 4 N–H and O–H groups in total. The summed E-state index contributed by atoms with van der Waals surface area (Å²) in [4.78, 5) is 20.1. The number of rotatable bonds is 3. The van der Waals surface area contributed by atoms with Crippen molar-refractivity contribution in [2.75, 3.05) is 5.32 Å². The number of aromatic nitrogens is 2. The van der Waals surface area contributed by atoms with E-state index in [9.17, 15) is 4.79 Å². The smallest absolute Gasteiger partial charge is 0.275 e. The SMILES string of the molecule is Cc1cnc(C(=O)Nc2cc(C(N)=NO)ccc2C)cn1. The maximum absolute atomic E-state index is 12.1. The van der Waals surface area contributed by atoms with E-state index in [1.54, 1.807) is 25.1 Å². The minimum atomic E-state index is -0.373. The van der Waals surface area contributed by atoms with Crippen LogP contribution in [-0.2, 0) is 0 Å². The molecule has 0 spiro atoms. The van der Waals surface area contributed by atoms with Crippen molar-refractivity contribution >= 4 is 17.4 Å². The van der Waals surface area contributed by atoms with Crippen molar-refractivity contribution in [3.05, 3.63) is 53.1 Å². The Kier molecular flexibility index (Phi) is 4.13. The number of anilines is 1. The number of carbonyl (C=O) groups is 1. The maximum Gasteiger partial charge on any atom is 0.275 e. The van der Waals surface area contributed by atoms with Gasteiger partial charge in [-0.2, -0.15) is 0 Å². The molecule has 0 saturated heterocycles. The molecule has 0 aliphatic rings. The summed E-state index contributed by atoms with van der Waals surface area (Å²) in [5.74, 6) is -0.400. The van der Waals surface area contributed by atoms with E-state index in [-0.39, 0.29) is 17.4 Å². The minimum absolute atomic E-state index is 0.0272. The van der Waals surface area contributed by atoms with Crippen molar-refractivity contribution in [2.24, 2.45) is 10.9 Å². The van der Waals surface area contributed by atoms with Crippen molar-refractivity contribution in [3.63, 3.8) is 0 Å². The summed E-state index contributed by atoms with van der Waals surface area (Å²) in [6.45, 7) is 3.63. The van der Waals surface area contributed by atoms with E-state index in [0.29, 0.717) is 11.3 Å². The third kappa shape index (κ3) is 3.33. The van der Waals surface area contributed by atoms with Crippen molar-refractivity contribution in [1.29, 1.82) is 0 Å². The minimum Gasteiger partial charge on any atom is -0.409 e. The molecule has 0 atom stereocenters. The number of nitrogens with one attached hydrogen (secondary N) is 1. The van der Waals surface area contributed by atoms with Crippen LogP contribution in [0.3, 0.4) is 0 Å². The van der Waals surface area contributed by atoms with E-state index in [1.165, 1.54) is 12.4 Å². The van der Waals surface area contributed by atoms with Gasteiger partial charge in [-0.05, 0) is 25.5 Å². The molecule has 0 saturated carbocycles. The lowest BCUT2D eigenvalue weighted by Gasteiger charge is -2.10. The van der Waals surface area contributed by atoms with Gasteiger partial charge in [0.2, 0.25) is 0 Å². The van der Waals surface area contributed by atoms with Crippen LogP contribution in [0.1, 0.15) is 27.3 Å². The summed E-state index contributed by atoms with van der Waals surface area (Å²) < 4.78 is 0. The summed E-state index contributed by atoms with van der Waals surface area (Å²) in [6, 6.07) is 5.10. The van der Waals surface area contributed by atoms with Gasteiger partial charge in [-0.25, -0.2) is 4.98 Å². The van der Waals surface area contributed by atoms with Gasteiger partial charge in [0.25, 0.3) is 5.91 Å². The molecular weight excluding hydrogens is 270 g/mol. The summed E-state index contributed by atoms with van der Waals surface area (Å²) >= 11 is 0. The van der Waals surface area contributed by atoms with E-state index >= 15 is 0 Å². The number of aryl methyl sites for hydroxylation is 2. The molecule has 1 heterocycles. The van der Waals surface area contributed by atoms with E-state index < -0.39 is 0 Å². The standard InChI is InChI=1S/C14H15N5O2/c1-8-3-4-10(13(15)19-21)5-11(8)18-14(20)12-7-16-9(2)6-17-12/h3-7,21H,1-2H3,(H2,15,19)(H,18,20). The van der Waals surface area contributed by atoms with Gasteiger partial charge in [0.15, 0.2) is 5.84 Å². The largest absolute Gasteiger partial charge is 0.409 e. The summed E-state index contributed by atoms with van der Waals surface area (Å²) in [5.41, 5.74) is 8.40. The number of nitrogens with two attached hydrogens (primary N) is 1. The Morgan fingerprint density at radius 1 is 1.29 bits per heavy atom. The van der Waals surface area contributed by atoms with Crippen LogP contribution in [0.2, 0.25) is 0 Å². The van der Waals surface area contributed by atoms with Gasteiger partial charge in [0, 0.05) is 17.4 Å². The monoisotopic (exact) mass is 285 g/mol. The summed E-state index contributed by atoms with van der Waals surface area (Å²) in [5, 5.41) is 14.4. The molecule has 0 aliphatic carbocycles. The van der Waals surface area contributed by atoms with Crippen molar-refractivity contribution in [3.8, 4) is 0 Å². The molecule has 0 unspecified atom stereocenters. The van der Waals surface area contributed by atoms with Crippen LogP contribution in [0.5, 0.6) is 0 Å². The molecule has 0 aliphatic heterocycles. The van der Waals surface area contributed by atoms with Gasteiger partial charge in [0.1, 0.15) is 5.69 Å². The van der Waals surface area contributed by atoms with Gasteiger partial charge in [0.05, 0.1) is 11.9 Å². The number of nitrogens with zero attached hydrogens (tertiary/aromatic N) is 3. The zero-order valence-corrected chi connectivity index (χ0v) is 11.7. The summed E-state index contributed by atoms with van der Waals surface area (Å²) in [7, 11) is 0. The van der Waals surface area contributed by atoms with Crippen LogP contribution in [0, 0.1) is 13.8 Å². The van der Waals surface area contributed by atoms with Gasteiger partial charge in [-0.15, -0.1) is 0 Å². The summed E-state index contributed by atoms with van der Waals surface area (Å²) in [6.07, 6.45) is 2.93. The Bertz CT molecular complexity index is 695. The molecule has 0 fully saturated rings. The molecule has 2 rings (SSSR count). The number of amidine groups is 1. The topological polar surface area (TPSA) is 113 Å². The fraction of sp³-hybridized carbons (Fsp3) is 0.143. The number of carbonyl (C=O) groups excluding carboxylic acids is 1. The van der Waals surface area contributed by atoms with E-state index in [0.717, 1.165) is 11.3 Å². The predicted molar refractivity (Wildman–Crippen MR) is 78.4 cm³/mol. The first kappa shape index (κ1) is 14.4. The molecule has 7 nitrogen and oxygen atoms in total. The average molecular weight is 285 g/mol. The lowest BCUT2D eigenvalue weighted by Crippen LogP contribution is -2.17. The van der Waals surface area contributed by atoms with Crippen molar-refractivity contribution < 1.29 is 10.0 Å². The lowest BCUT2D eigenvalue weighted by molar-refractivity contribution is 0.102. The zero-order valence-electron chi connectivity index (χ0n) is 11.7. The van der Waals surface area contributed by atoms with Crippen molar-refractivity contribution in [1.82, 2.24) is 9.97 Å². The second-order valence-electron chi connectivity index (χ2n) is 4.51. The molecule has 1 aromatic heterocycles. The van der Waals surface area contributed by atoms with E-state index in [4.69, 9.17) is 10.9 Å². The fourth-order valence-corrected chi connectivity index (χ4v) is 1.67. The normalized spacial score (nSPS) is 11.2. The number of amides is 1. The van der Waals surface area contributed by atoms with Gasteiger partial charge >= 0.3 is 0 Å². The molecule has 7 heteroatoms. The van der Waals surface area contributed by atoms with Crippen LogP contribution in [0.4, 0.5) is 5.69 Å². The molecule has 0 bridgehead atoms. The Morgan fingerprint density at radius 3 is 2.67 bits per heavy atom. The third-order valence-corrected chi connectivity index (χ3v) is 2.90. The molecule has 0 radical (unpaired) electrons. The first-order chi connectivity index (χ1) is 10.0. The number of benzene rings is 1. The fourth-order valence-electron chi connectivity index (χ4n) is 1.67. The van der Waals surface area contributed by atoms with Gasteiger partial charge in [-0.3, -0.25) is 9.78 Å². The molecule has 1 aromatic carbocycles. The molecule has 1 amide bonds. The van der Waals surface area contributed by atoms with Crippen LogP contribution in [-0.4, -0.2) is 26.9 Å². The Labute approximate surface area is 121 Å². The average Bonchev–Trinajstić information content (AvgIpc) is 2.49. The van der Waals surface area contributed by atoms with Crippen LogP contribution < -0.4 is 11.1 Å². The highest BCUT2D eigenvalue weighted by Gasteiger charge is 2.11. The number of hydrogen-bond acceptors (Lipinski definition) is 5. The molecule has 108 valence electrons. The number of hydrogen-bond donors (Lipinski definition) is 3. The van der Waals surface area contributed by atoms with Gasteiger partial charge in [-0.1, -0.05) is 17.3 Å². The Hall–Kier alpha value is -2.96. The van der Waals surface area contributed by atoms with Gasteiger partial charge < -0.3 is 16.3 Å². The van der Waals surface area contributed by atoms with Crippen molar-refractivity contribution in [2.45, 2.75) is 13.8 Å². The van der Waals surface area contributed by atoms with Crippen LogP contribution in [0.15, 0.2) is 35.7 Å². The number of oxime groups is 1. The lowest BCUT2D eigenvalue weighted by atomic mass is 10.1. The Balaban J connectivity index is 2.26. The van der Waals surface area contributed by atoms with Crippen LogP contribution in [0.25, 0.3) is 0 Å². The maximum atomic E-state index is 12.1. The highest BCUT2D eigenvalue weighted by molar-refractivity contribution is 6.04. The second-order valence-corrected chi connectivity index (χ2v) is 4.51. The highest BCUT2D eigenvalue weighted by Crippen LogP contribution is 2.17. The molecule has 2 aromatic rings. The molecule has 21 heavy (non-hydrogen) atoms. The third-order valence-electron chi connectivity index (χ3n) is 2.90. The quantitative estimate of drug-likeness (QED) is 0.342.